The summed E-state index contributed by atoms with van der Waals surface area (Å²) in [6.07, 6.45) is 1.51. The maximum atomic E-state index is 12.7. The lowest BCUT2D eigenvalue weighted by Gasteiger charge is -2.22. The molecule has 7 heteroatoms. The van der Waals surface area contributed by atoms with Gasteiger partial charge in [0.25, 0.3) is 5.91 Å². The van der Waals surface area contributed by atoms with Crippen molar-refractivity contribution in [3.8, 4) is 0 Å². The molecular formula is C18H19N3O4. The Morgan fingerprint density at radius 3 is 2.60 bits per heavy atom. The fraction of sp³-hybridized carbons (Fsp3) is 0.278. The van der Waals surface area contributed by atoms with Crippen molar-refractivity contribution < 1.29 is 18.8 Å². The van der Waals surface area contributed by atoms with Crippen LogP contribution in [0.2, 0.25) is 0 Å². The van der Waals surface area contributed by atoms with Gasteiger partial charge < -0.3 is 15.1 Å². The number of benzene rings is 1. The summed E-state index contributed by atoms with van der Waals surface area (Å²) in [6.45, 7) is 3.44. The minimum atomic E-state index is -1.17. The second kappa shape index (κ2) is 6.43. The van der Waals surface area contributed by atoms with Crippen LogP contribution in [0.25, 0.3) is 0 Å². The van der Waals surface area contributed by atoms with Crippen LogP contribution >= 0.6 is 0 Å². The first kappa shape index (κ1) is 16.8. The number of hydrogen-bond donors (Lipinski definition) is 2. The lowest BCUT2D eigenvalue weighted by Crippen LogP contribution is -2.43. The van der Waals surface area contributed by atoms with E-state index in [0.29, 0.717) is 11.3 Å². The Kier molecular flexibility index (Phi) is 4.31. The van der Waals surface area contributed by atoms with Crippen molar-refractivity contribution in [1.29, 1.82) is 0 Å². The molecular weight excluding hydrogens is 322 g/mol. The average molecular weight is 341 g/mol. The number of carbonyl (C=O) groups is 3. The molecule has 0 radical (unpaired) electrons. The first-order valence-corrected chi connectivity index (χ1v) is 7.90. The molecule has 0 spiro atoms. The molecule has 3 rings (SSSR count). The van der Waals surface area contributed by atoms with E-state index in [1.807, 2.05) is 19.1 Å². The van der Waals surface area contributed by atoms with E-state index in [0.717, 1.165) is 10.5 Å². The second-order valence-electron chi connectivity index (χ2n) is 6.17. The molecule has 25 heavy (non-hydrogen) atoms. The average Bonchev–Trinajstić information content (AvgIpc) is 3.17. The van der Waals surface area contributed by atoms with Crippen LogP contribution in [0.15, 0.2) is 47.1 Å². The standard InChI is InChI=1S/C18H19N3O4/c1-12-5-7-13(8-6-12)18(2)16(23)21(17(24)20-18)11-15(22)19-10-14-4-3-9-25-14/h3-9H,10-11H2,1-2H3,(H,19,22)(H,20,24)/t18-/m1/s1. The molecule has 0 bridgehead atoms. The molecule has 4 amide bonds. The zero-order valence-electron chi connectivity index (χ0n) is 14.0. The van der Waals surface area contributed by atoms with Gasteiger partial charge in [0, 0.05) is 0 Å². The third-order valence-corrected chi connectivity index (χ3v) is 4.25. The Morgan fingerprint density at radius 2 is 1.96 bits per heavy atom. The minimum absolute atomic E-state index is 0.199. The molecule has 1 aliphatic rings. The third-order valence-electron chi connectivity index (χ3n) is 4.25. The Morgan fingerprint density at radius 1 is 1.24 bits per heavy atom. The van der Waals surface area contributed by atoms with Gasteiger partial charge in [-0.1, -0.05) is 29.8 Å². The van der Waals surface area contributed by atoms with Crippen LogP contribution in [-0.2, 0) is 21.7 Å². The largest absolute Gasteiger partial charge is 0.467 e. The number of hydrogen-bond acceptors (Lipinski definition) is 4. The van der Waals surface area contributed by atoms with Crippen molar-refractivity contribution in [1.82, 2.24) is 15.5 Å². The van der Waals surface area contributed by atoms with E-state index in [-0.39, 0.29) is 13.1 Å². The topological polar surface area (TPSA) is 91.7 Å². The molecule has 2 N–H and O–H groups in total. The predicted molar refractivity (Wildman–Crippen MR) is 89.3 cm³/mol. The lowest BCUT2D eigenvalue weighted by atomic mass is 9.91. The molecule has 1 atom stereocenters. The van der Waals surface area contributed by atoms with Crippen LogP contribution in [0.1, 0.15) is 23.8 Å². The molecule has 0 aliphatic carbocycles. The van der Waals surface area contributed by atoms with Crippen molar-refractivity contribution in [3.05, 3.63) is 59.5 Å². The number of nitrogens with zero attached hydrogens (tertiary/aromatic N) is 1. The monoisotopic (exact) mass is 341 g/mol. The number of furan rings is 1. The van der Waals surface area contributed by atoms with Gasteiger partial charge in [-0.3, -0.25) is 14.5 Å². The van der Waals surface area contributed by atoms with Gasteiger partial charge in [-0.2, -0.15) is 0 Å². The SMILES string of the molecule is Cc1ccc([C@@]2(C)NC(=O)N(CC(=O)NCc3ccco3)C2=O)cc1. The molecule has 2 aromatic rings. The summed E-state index contributed by atoms with van der Waals surface area (Å²) in [4.78, 5) is 37.9. The fourth-order valence-corrected chi connectivity index (χ4v) is 2.72. The zero-order chi connectivity index (χ0) is 18.0. The summed E-state index contributed by atoms with van der Waals surface area (Å²) in [5, 5.41) is 5.30. The highest BCUT2D eigenvalue weighted by Gasteiger charge is 2.49. The van der Waals surface area contributed by atoms with Crippen LogP contribution < -0.4 is 10.6 Å². The Hall–Kier alpha value is -3.09. The Bertz CT molecular complexity index is 798. The highest BCUT2D eigenvalue weighted by Crippen LogP contribution is 2.28. The molecule has 130 valence electrons. The van der Waals surface area contributed by atoms with Crippen LogP contribution in [0.3, 0.4) is 0 Å². The number of imide groups is 1. The normalized spacial score (nSPS) is 19.8. The quantitative estimate of drug-likeness (QED) is 0.809. The van der Waals surface area contributed by atoms with Gasteiger partial charge in [0.2, 0.25) is 5.91 Å². The lowest BCUT2D eigenvalue weighted by molar-refractivity contribution is -0.134. The Balaban J connectivity index is 1.68. The fourth-order valence-electron chi connectivity index (χ4n) is 2.72. The van der Waals surface area contributed by atoms with Gasteiger partial charge in [0.1, 0.15) is 17.8 Å². The molecule has 1 fully saturated rings. The zero-order valence-corrected chi connectivity index (χ0v) is 14.0. The summed E-state index contributed by atoms with van der Waals surface area (Å²) in [7, 11) is 0. The smallest absolute Gasteiger partial charge is 0.325 e. The van der Waals surface area contributed by atoms with E-state index < -0.39 is 23.4 Å². The number of rotatable bonds is 5. The summed E-state index contributed by atoms with van der Waals surface area (Å²) < 4.78 is 5.12. The molecule has 1 aliphatic heterocycles. The molecule has 1 saturated heterocycles. The Labute approximate surface area is 145 Å². The summed E-state index contributed by atoms with van der Waals surface area (Å²) >= 11 is 0. The number of urea groups is 1. The number of amides is 4. The van der Waals surface area contributed by atoms with E-state index in [1.165, 1.54) is 6.26 Å². The van der Waals surface area contributed by atoms with E-state index >= 15 is 0 Å². The minimum Gasteiger partial charge on any atom is -0.467 e. The number of nitrogens with one attached hydrogen (secondary N) is 2. The van der Waals surface area contributed by atoms with Gasteiger partial charge in [0.05, 0.1) is 12.8 Å². The van der Waals surface area contributed by atoms with Crippen molar-refractivity contribution in [2.75, 3.05) is 6.54 Å². The van der Waals surface area contributed by atoms with Crippen molar-refractivity contribution in [3.63, 3.8) is 0 Å². The van der Waals surface area contributed by atoms with E-state index in [9.17, 15) is 14.4 Å². The maximum Gasteiger partial charge on any atom is 0.325 e. The van der Waals surface area contributed by atoms with Crippen molar-refractivity contribution in [2.24, 2.45) is 0 Å². The van der Waals surface area contributed by atoms with Crippen LogP contribution in [0, 0.1) is 6.92 Å². The molecule has 0 saturated carbocycles. The molecule has 0 unspecified atom stereocenters. The van der Waals surface area contributed by atoms with Gasteiger partial charge in [-0.05, 0) is 31.5 Å². The van der Waals surface area contributed by atoms with Crippen molar-refractivity contribution >= 4 is 17.8 Å². The van der Waals surface area contributed by atoms with Gasteiger partial charge in [-0.25, -0.2) is 4.79 Å². The second-order valence-corrected chi connectivity index (χ2v) is 6.17. The van der Waals surface area contributed by atoms with Gasteiger partial charge in [0.15, 0.2) is 0 Å². The summed E-state index contributed by atoms with van der Waals surface area (Å²) in [6, 6.07) is 10.2. The predicted octanol–water partition coefficient (Wildman–Crippen LogP) is 1.67. The first-order valence-electron chi connectivity index (χ1n) is 7.90. The molecule has 7 nitrogen and oxygen atoms in total. The van der Waals surface area contributed by atoms with Crippen LogP contribution in [-0.4, -0.2) is 29.3 Å². The number of carbonyl (C=O) groups excluding carboxylic acids is 3. The van der Waals surface area contributed by atoms with Crippen LogP contribution in [0.5, 0.6) is 0 Å². The van der Waals surface area contributed by atoms with Gasteiger partial charge in [-0.15, -0.1) is 0 Å². The molecule has 1 aromatic carbocycles. The third kappa shape index (κ3) is 3.26. The number of aryl methyl sites for hydroxylation is 1. The molecule has 1 aromatic heterocycles. The summed E-state index contributed by atoms with van der Waals surface area (Å²) in [5.74, 6) is -0.294. The van der Waals surface area contributed by atoms with E-state index in [2.05, 4.69) is 10.6 Å². The van der Waals surface area contributed by atoms with E-state index in [1.54, 1.807) is 31.2 Å². The van der Waals surface area contributed by atoms with Gasteiger partial charge >= 0.3 is 6.03 Å². The molecule has 2 heterocycles. The highest BCUT2D eigenvalue weighted by atomic mass is 16.3. The highest BCUT2D eigenvalue weighted by molar-refractivity contribution is 6.09. The first-order chi connectivity index (χ1) is 11.9. The van der Waals surface area contributed by atoms with E-state index in [4.69, 9.17) is 4.42 Å². The maximum absolute atomic E-state index is 12.7. The van der Waals surface area contributed by atoms with Crippen molar-refractivity contribution in [2.45, 2.75) is 25.9 Å². The van der Waals surface area contributed by atoms with Crippen LogP contribution in [0.4, 0.5) is 4.79 Å². The summed E-state index contributed by atoms with van der Waals surface area (Å²) in [5.41, 5.74) is 0.555.